The van der Waals surface area contributed by atoms with Gasteiger partial charge in [-0.2, -0.15) is 0 Å². The molecule has 0 spiro atoms. The smallest absolute Gasteiger partial charge is 0.255 e. The maximum absolute atomic E-state index is 12.6. The molecule has 1 aromatic rings. The minimum Gasteiger partial charge on any atom is -0.396 e. The summed E-state index contributed by atoms with van der Waals surface area (Å²) in [4.78, 5) is 14.4. The zero-order chi connectivity index (χ0) is 15.5. The number of carbonyl (C=O) groups is 1. The Labute approximate surface area is 125 Å². The van der Waals surface area contributed by atoms with Gasteiger partial charge in [0, 0.05) is 19.7 Å². The number of sulfone groups is 1. The van der Waals surface area contributed by atoms with Gasteiger partial charge in [-0.1, -0.05) is 19.1 Å². The number of hydrogen-bond donors (Lipinski definition) is 1. The molecule has 1 aliphatic heterocycles. The van der Waals surface area contributed by atoms with E-state index in [1.54, 1.807) is 30.0 Å². The zero-order valence-corrected chi connectivity index (χ0v) is 13.0. The molecule has 1 fully saturated rings. The van der Waals surface area contributed by atoms with Crippen molar-refractivity contribution in [2.45, 2.75) is 24.7 Å². The Hall–Kier alpha value is -1.40. The number of likely N-dealkylation sites (tertiary alicyclic amines) is 1. The van der Waals surface area contributed by atoms with Crippen molar-refractivity contribution < 1.29 is 18.3 Å². The van der Waals surface area contributed by atoms with Crippen LogP contribution in [0.25, 0.3) is 0 Å². The Morgan fingerprint density at radius 1 is 1.38 bits per heavy atom. The van der Waals surface area contributed by atoms with Crippen LogP contribution in [0.4, 0.5) is 0 Å². The molecule has 1 N–H and O–H groups in total. The minimum atomic E-state index is -3.41. The molecule has 21 heavy (non-hydrogen) atoms. The van der Waals surface area contributed by atoms with Crippen molar-refractivity contribution in [3.63, 3.8) is 0 Å². The van der Waals surface area contributed by atoms with Gasteiger partial charge in [-0.15, -0.1) is 0 Å². The molecule has 1 aromatic carbocycles. The number of nitrogens with zero attached hydrogens (tertiary/aromatic N) is 1. The fraction of sp³-hybridized carbons (Fsp3) is 0.533. The summed E-state index contributed by atoms with van der Waals surface area (Å²) < 4.78 is 24.2. The van der Waals surface area contributed by atoms with E-state index in [9.17, 15) is 13.2 Å². The van der Waals surface area contributed by atoms with E-state index < -0.39 is 9.84 Å². The Kier molecular flexibility index (Phi) is 5.00. The molecule has 1 amide bonds. The van der Waals surface area contributed by atoms with Crippen molar-refractivity contribution >= 4 is 15.7 Å². The third-order valence-corrected chi connectivity index (χ3v) is 5.73. The highest BCUT2D eigenvalue weighted by molar-refractivity contribution is 7.91. The van der Waals surface area contributed by atoms with Crippen molar-refractivity contribution in [2.24, 2.45) is 5.92 Å². The second-order valence-corrected chi connectivity index (χ2v) is 7.56. The summed E-state index contributed by atoms with van der Waals surface area (Å²) in [6.45, 7) is 2.89. The Bertz CT molecular complexity index is 612. The Balaban J connectivity index is 2.25. The van der Waals surface area contributed by atoms with E-state index in [2.05, 4.69) is 0 Å². The van der Waals surface area contributed by atoms with Crippen LogP contribution in [0.3, 0.4) is 0 Å². The summed E-state index contributed by atoms with van der Waals surface area (Å²) in [7, 11) is -3.41. The summed E-state index contributed by atoms with van der Waals surface area (Å²) in [5.41, 5.74) is 0.254. The van der Waals surface area contributed by atoms with Gasteiger partial charge in [0.25, 0.3) is 5.91 Å². The van der Waals surface area contributed by atoms with Crippen molar-refractivity contribution in [3.05, 3.63) is 29.8 Å². The summed E-state index contributed by atoms with van der Waals surface area (Å²) in [5, 5.41) is 8.97. The predicted molar refractivity (Wildman–Crippen MR) is 79.9 cm³/mol. The van der Waals surface area contributed by atoms with Gasteiger partial charge >= 0.3 is 0 Å². The normalized spacial score (nSPS) is 19.0. The topological polar surface area (TPSA) is 74.7 Å². The van der Waals surface area contributed by atoms with Crippen molar-refractivity contribution in [1.29, 1.82) is 0 Å². The highest BCUT2D eigenvalue weighted by Crippen LogP contribution is 2.24. The number of amides is 1. The van der Waals surface area contributed by atoms with E-state index >= 15 is 0 Å². The average Bonchev–Trinajstić information content (AvgIpc) is 2.95. The summed E-state index contributed by atoms with van der Waals surface area (Å²) in [6, 6.07) is 6.39. The van der Waals surface area contributed by atoms with Gasteiger partial charge in [0.05, 0.1) is 16.2 Å². The van der Waals surface area contributed by atoms with Gasteiger partial charge < -0.3 is 10.0 Å². The van der Waals surface area contributed by atoms with Gasteiger partial charge in [-0.05, 0) is 30.9 Å². The predicted octanol–water partition coefficient (Wildman–Crippen LogP) is 1.32. The molecule has 116 valence electrons. The Morgan fingerprint density at radius 3 is 2.76 bits per heavy atom. The van der Waals surface area contributed by atoms with E-state index in [1.165, 1.54) is 6.07 Å². The minimum absolute atomic E-state index is 0.0234. The van der Waals surface area contributed by atoms with Crippen LogP contribution in [0.5, 0.6) is 0 Å². The van der Waals surface area contributed by atoms with E-state index in [4.69, 9.17) is 5.11 Å². The van der Waals surface area contributed by atoms with Crippen LogP contribution in [-0.4, -0.2) is 49.8 Å². The van der Waals surface area contributed by atoms with Gasteiger partial charge in [0.1, 0.15) is 0 Å². The van der Waals surface area contributed by atoms with Gasteiger partial charge in [-0.25, -0.2) is 8.42 Å². The monoisotopic (exact) mass is 311 g/mol. The molecule has 1 aliphatic rings. The number of aliphatic hydroxyl groups is 1. The molecule has 0 aromatic heterocycles. The number of benzene rings is 1. The lowest BCUT2D eigenvalue weighted by Crippen LogP contribution is -2.30. The summed E-state index contributed by atoms with van der Waals surface area (Å²) in [5.74, 6) is 0.0432. The number of carbonyl (C=O) groups excluding carboxylic acids is 1. The standard InChI is InChI=1S/C15H21NO4S/c1-2-21(19,20)14-6-4-3-5-13(14)15(18)16-9-7-12(11-16)8-10-17/h3-6,12,17H,2,7-11H2,1H3. The van der Waals surface area contributed by atoms with Crippen LogP contribution in [0, 0.1) is 5.92 Å². The third kappa shape index (κ3) is 3.44. The number of aliphatic hydroxyl groups excluding tert-OH is 1. The lowest BCUT2D eigenvalue weighted by atomic mass is 10.1. The van der Waals surface area contributed by atoms with Crippen molar-refractivity contribution in [2.75, 3.05) is 25.4 Å². The van der Waals surface area contributed by atoms with Gasteiger partial charge in [0.15, 0.2) is 9.84 Å². The second-order valence-electron chi connectivity index (χ2n) is 5.32. The molecule has 0 radical (unpaired) electrons. The largest absolute Gasteiger partial charge is 0.396 e. The first-order valence-corrected chi connectivity index (χ1v) is 8.86. The highest BCUT2D eigenvalue weighted by Gasteiger charge is 2.29. The van der Waals surface area contributed by atoms with Gasteiger partial charge in [-0.3, -0.25) is 4.79 Å². The molecule has 5 nitrogen and oxygen atoms in total. The van der Waals surface area contributed by atoms with Crippen LogP contribution in [-0.2, 0) is 9.84 Å². The summed E-state index contributed by atoms with van der Waals surface area (Å²) >= 11 is 0. The fourth-order valence-corrected chi connectivity index (χ4v) is 3.76. The molecular weight excluding hydrogens is 290 g/mol. The maximum Gasteiger partial charge on any atom is 0.255 e. The molecule has 0 aliphatic carbocycles. The third-order valence-electron chi connectivity index (χ3n) is 3.94. The van der Waals surface area contributed by atoms with E-state index in [0.29, 0.717) is 25.4 Å². The molecule has 2 rings (SSSR count). The Morgan fingerprint density at radius 2 is 2.10 bits per heavy atom. The van der Waals surface area contributed by atoms with Crippen molar-refractivity contribution in [1.82, 2.24) is 4.90 Å². The van der Waals surface area contributed by atoms with E-state index in [0.717, 1.165) is 6.42 Å². The fourth-order valence-electron chi connectivity index (χ4n) is 2.68. The second kappa shape index (κ2) is 6.58. The van der Waals surface area contributed by atoms with Crippen LogP contribution in [0.2, 0.25) is 0 Å². The lowest BCUT2D eigenvalue weighted by Gasteiger charge is -2.18. The quantitative estimate of drug-likeness (QED) is 0.890. The molecule has 1 saturated heterocycles. The molecule has 1 heterocycles. The SMILES string of the molecule is CCS(=O)(=O)c1ccccc1C(=O)N1CCC(CCO)C1. The maximum atomic E-state index is 12.6. The van der Waals surface area contributed by atoms with Crippen LogP contribution < -0.4 is 0 Å². The summed E-state index contributed by atoms with van der Waals surface area (Å²) in [6.07, 6.45) is 1.54. The molecular formula is C15H21NO4S. The number of rotatable bonds is 5. The van der Waals surface area contributed by atoms with E-state index in [1.807, 2.05) is 0 Å². The zero-order valence-electron chi connectivity index (χ0n) is 12.2. The average molecular weight is 311 g/mol. The molecule has 0 saturated carbocycles. The molecule has 1 atom stereocenters. The first-order chi connectivity index (χ1) is 9.99. The first-order valence-electron chi connectivity index (χ1n) is 7.21. The van der Waals surface area contributed by atoms with Crippen molar-refractivity contribution in [3.8, 4) is 0 Å². The lowest BCUT2D eigenvalue weighted by molar-refractivity contribution is 0.0781. The molecule has 1 unspecified atom stereocenters. The molecule has 6 heteroatoms. The van der Waals surface area contributed by atoms with Crippen LogP contribution in [0.15, 0.2) is 29.2 Å². The highest BCUT2D eigenvalue weighted by atomic mass is 32.2. The van der Waals surface area contributed by atoms with Crippen LogP contribution >= 0.6 is 0 Å². The van der Waals surface area contributed by atoms with Gasteiger partial charge in [0.2, 0.25) is 0 Å². The van der Waals surface area contributed by atoms with E-state index in [-0.39, 0.29) is 28.7 Å². The first kappa shape index (κ1) is 16.0. The number of hydrogen-bond acceptors (Lipinski definition) is 4. The van der Waals surface area contributed by atoms with Crippen LogP contribution in [0.1, 0.15) is 30.1 Å². The molecule has 0 bridgehead atoms.